The van der Waals surface area contributed by atoms with Crippen LogP contribution in [0.5, 0.6) is 0 Å². The second-order valence-corrected chi connectivity index (χ2v) is 6.03. The van der Waals surface area contributed by atoms with Crippen LogP contribution >= 0.6 is 0 Å². The highest BCUT2D eigenvalue weighted by atomic mass is 32.2. The fraction of sp³-hybridized carbons (Fsp3) is 1.00. The van der Waals surface area contributed by atoms with Gasteiger partial charge in [-0.3, -0.25) is 4.21 Å². The zero-order chi connectivity index (χ0) is 11.1. The van der Waals surface area contributed by atoms with Gasteiger partial charge in [0.2, 0.25) is 0 Å². The van der Waals surface area contributed by atoms with E-state index in [0.29, 0.717) is 17.5 Å². The first kappa shape index (κ1) is 13.1. The van der Waals surface area contributed by atoms with Crippen molar-refractivity contribution in [3.63, 3.8) is 0 Å². The zero-order valence-corrected chi connectivity index (χ0v) is 10.4. The van der Waals surface area contributed by atoms with Crippen molar-refractivity contribution < 1.29 is 9.32 Å². The average Bonchev–Trinajstić information content (AvgIpc) is 2.27. The van der Waals surface area contributed by atoms with Crippen molar-refractivity contribution in [2.24, 2.45) is 0 Å². The van der Waals surface area contributed by atoms with Gasteiger partial charge in [-0.15, -0.1) is 0 Å². The van der Waals surface area contributed by atoms with Crippen LogP contribution in [0.25, 0.3) is 0 Å². The van der Waals surface area contributed by atoms with Crippen molar-refractivity contribution in [3.05, 3.63) is 0 Å². The van der Waals surface area contributed by atoms with Crippen molar-refractivity contribution in [1.29, 1.82) is 0 Å². The molecule has 0 saturated heterocycles. The van der Waals surface area contributed by atoms with E-state index in [1.807, 2.05) is 6.92 Å². The van der Waals surface area contributed by atoms with Gasteiger partial charge in [0, 0.05) is 22.6 Å². The topological polar surface area (TPSA) is 49.3 Å². The molecule has 2 unspecified atom stereocenters. The monoisotopic (exact) mass is 233 g/mol. The SMILES string of the molecule is CCNCC(O)CS(=O)C1CCCCC1. The predicted molar refractivity (Wildman–Crippen MR) is 64.4 cm³/mol. The Bertz CT molecular complexity index is 193. The average molecular weight is 233 g/mol. The number of nitrogens with one attached hydrogen (secondary N) is 1. The van der Waals surface area contributed by atoms with Crippen molar-refractivity contribution in [1.82, 2.24) is 5.32 Å². The molecule has 0 amide bonds. The van der Waals surface area contributed by atoms with E-state index in [0.717, 1.165) is 19.4 Å². The molecule has 0 radical (unpaired) electrons. The van der Waals surface area contributed by atoms with Crippen LogP contribution in [-0.4, -0.2) is 39.5 Å². The van der Waals surface area contributed by atoms with Gasteiger partial charge in [-0.1, -0.05) is 26.2 Å². The minimum Gasteiger partial charge on any atom is -0.391 e. The molecule has 90 valence electrons. The molecule has 0 aliphatic heterocycles. The Morgan fingerprint density at radius 1 is 1.40 bits per heavy atom. The second kappa shape index (κ2) is 7.36. The van der Waals surface area contributed by atoms with E-state index >= 15 is 0 Å². The van der Waals surface area contributed by atoms with Crippen molar-refractivity contribution >= 4 is 10.8 Å². The van der Waals surface area contributed by atoms with Gasteiger partial charge in [-0.2, -0.15) is 0 Å². The maximum atomic E-state index is 11.9. The lowest BCUT2D eigenvalue weighted by Crippen LogP contribution is -2.33. The van der Waals surface area contributed by atoms with E-state index in [4.69, 9.17) is 0 Å². The highest BCUT2D eigenvalue weighted by Gasteiger charge is 2.21. The van der Waals surface area contributed by atoms with Gasteiger partial charge in [0.1, 0.15) is 0 Å². The van der Waals surface area contributed by atoms with Crippen molar-refractivity contribution in [3.8, 4) is 0 Å². The third-order valence-corrected chi connectivity index (χ3v) is 4.84. The molecule has 2 N–H and O–H groups in total. The number of rotatable bonds is 6. The third kappa shape index (κ3) is 5.09. The Labute approximate surface area is 95.1 Å². The number of likely N-dealkylation sites (N-methyl/N-ethyl adjacent to an activating group) is 1. The molecule has 0 aromatic carbocycles. The van der Waals surface area contributed by atoms with Crippen LogP contribution < -0.4 is 5.32 Å². The first-order valence-corrected chi connectivity index (χ1v) is 7.38. The van der Waals surface area contributed by atoms with Crippen LogP contribution in [0.3, 0.4) is 0 Å². The summed E-state index contributed by atoms with van der Waals surface area (Å²) in [5, 5.41) is 13.0. The molecular formula is C11H23NO2S. The Morgan fingerprint density at radius 2 is 2.07 bits per heavy atom. The summed E-state index contributed by atoms with van der Waals surface area (Å²) in [6.45, 7) is 3.42. The molecule has 4 heteroatoms. The highest BCUT2D eigenvalue weighted by Crippen LogP contribution is 2.22. The van der Waals surface area contributed by atoms with Crippen LogP contribution in [0.15, 0.2) is 0 Å². The van der Waals surface area contributed by atoms with Crippen LogP contribution in [0.1, 0.15) is 39.0 Å². The Morgan fingerprint density at radius 3 is 2.67 bits per heavy atom. The number of aliphatic hydroxyl groups excluding tert-OH is 1. The van der Waals surface area contributed by atoms with Crippen LogP contribution in [-0.2, 0) is 10.8 Å². The number of hydrogen-bond donors (Lipinski definition) is 2. The molecule has 0 spiro atoms. The van der Waals surface area contributed by atoms with Crippen LogP contribution in [0, 0.1) is 0 Å². The quantitative estimate of drug-likeness (QED) is 0.720. The molecular weight excluding hydrogens is 210 g/mol. The summed E-state index contributed by atoms with van der Waals surface area (Å²) in [6, 6.07) is 0. The molecule has 0 aromatic heterocycles. The maximum absolute atomic E-state index is 11.9. The third-order valence-electron chi connectivity index (χ3n) is 2.91. The lowest BCUT2D eigenvalue weighted by Gasteiger charge is -2.22. The first-order valence-electron chi connectivity index (χ1n) is 6.00. The van der Waals surface area contributed by atoms with E-state index in [1.165, 1.54) is 19.3 Å². The van der Waals surface area contributed by atoms with E-state index in [2.05, 4.69) is 5.32 Å². The second-order valence-electron chi connectivity index (χ2n) is 4.27. The van der Waals surface area contributed by atoms with Crippen molar-refractivity contribution in [2.45, 2.75) is 50.4 Å². The minimum absolute atomic E-state index is 0.343. The van der Waals surface area contributed by atoms with Gasteiger partial charge in [0.05, 0.1) is 11.9 Å². The summed E-state index contributed by atoms with van der Waals surface area (Å²) in [5.74, 6) is 0.442. The number of hydrogen-bond acceptors (Lipinski definition) is 3. The molecule has 15 heavy (non-hydrogen) atoms. The lowest BCUT2D eigenvalue weighted by molar-refractivity contribution is 0.195. The molecule has 0 aromatic rings. The van der Waals surface area contributed by atoms with Gasteiger partial charge in [0.15, 0.2) is 0 Å². The molecule has 1 aliphatic carbocycles. The van der Waals surface area contributed by atoms with Gasteiger partial charge in [0.25, 0.3) is 0 Å². The predicted octanol–water partition coefficient (Wildman–Crippen LogP) is 1.04. The largest absolute Gasteiger partial charge is 0.391 e. The van der Waals surface area contributed by atoms with E-state index in [-0.39, 0.29) is 0 Å². The Balaban J connectivity index is 2.21. The molecule has 1 rings (SSSR count). The fourth-order valence-electron chi connectivity index (χ4n) is 2.02. The summed E-state index contributed by atoms with van der Waals surface area (Å²) in [7, 11) is -0.830. The van der Waals surface area contributed by atoms with E-state index in [1.54, 1.807) is 0 Å². The minimum atomic E-state index is -0.830. The first-order chi connectivity index (χ1) is 7.24. The molecule has 2 atom stereocenters. The Hall–Kier alpha value is 0.0700. The highest BCUT2D eigenvalue weighted by molar-refractivity contribution is 7.85. The zero-order valence-electron chi connectivity index (χ0n) is 9.58. The lowest BCUT2D eigenvalue weighted by atomic mass is 10.0. The maximum Gasteiger partial charge on any atom is 0.0779 e. The summed E-state index contributed by atoms with van der Waals surface area (Å²) >= 11 is 0. The van der Waals surface area contributed by atoms with Gasteiger partial charge in [-0.05, 0) is 19.4 Å². The molecule has 3 nitrogen and oxygen atoms in total. The van der Waals surface area contributed by atoms with Gasteiger partial charge >= 0.3 is 0 Å². The van der Waals surface area contributed by atoms with Gasteiger partial charge in [-0.25, -0.2) is 0 Å². The fourth-order valence-corrected chi connectivity index (χ4v) is 3.65. The van der Waals surface area contributed by atoms with E-state index < -0.39 is 16.9 Å². The summed E-state index contributed by atoms with van der Waals surface area (Å²) in [4.78, 5) is 0. The van der Waals surface area contributed by atoms with Gasteiger partial charge < -0.3 is 10.4 Å². The molecule has 1 saturated carbocycles. The standard InChI is InChI=1S/C11H23NO2S/c1-2-12-8-10(13)9-15(14)11-6-4-3-5-7-11/h10-13H,2-9H2,1H3. The number of aliphatic hydroxyl groups is 1. The summed E-state index contributed by atoms with van der Waals surface area (Å²) in [5.41, 5.74) is 0. The molecule has 0 bridgehead atoms. The molecule has 0 heterocycles. The summed E-state index contributed by atoms with van der Waals surface area (Å²) in [6.07, 6.45) is 5.42. The molecule has 1 fully saturated rings. The summed E-state index contributed by atoms with van der Waals surface area (Å²) < 4.78 is 11.9. The Kier molecular flexibility index (Phi) is 6.45. The van der Waals surface area contributed by atoms with Crippen LogP contribution in [0.4, 0.5) is 0 Å². The van der Waals surface area contributed by atoms with Crippen LogP contribution in [0.2, 0.25) is 0 Å². The normalized spacial score (nSPS) is 22.5. The molecule has 1 aliphatic rings. The van der Waals surface area contributed by atoms with E-state index in [9.17, 15) is 9.32 Å². The van der Waals surface area contributed by atoms with Crippen molar-refractivity contribution in [2.75, 3.05) is 18.8 Å². The smallest absolute Gasteiger partial charge is 0.0779 e.